The van der Waals surface area contributed by atoms with Crippen molar-refractivity contribution in [3.05, 3.63) is 206 Å². The highest BCUT2D eigenvalue weighted by atomic mass is 32.1. The molecule has 0 amide bonds. The van der Waals surface area contributed by atoms with Gasteiger partial charge in [0, 0.05) is 44.0 Å². The molecular formula is C55H34N2O2S. The summed E-state index contributed by atoms with van der Waals surface area (Å²) >= 11 is 1.73. The van der Waals surface area contributed by atoms with E-state index < -0.39 is 0 Å². The lowest BCUT2D eigenvalue weighted by Crippen LogP contribution is -2.09. The first-order chi connectivity index (χ1) is 29.7. The number of hydrogen-bond acceptors (Lipinski definition) is 5. The first kappa shape index (κ1) is 34.3. The molecule has 3 heterocycles. The number of thiazole rings is 1. The highest BCUT2D eigenvalue weighted by Gasteiger charge is 2.21. The molecule has 3 aromatic heterocycles. The maximum absolute atomic E-state index is 6.12. The van der Waals surface area contributed by atoms with Gasteiger partial charge in [-0.3, -0.25) is 4.90 Å². The maximum Gasteiger partial charge on any atom is 0.195 e. The van der Waals surface area contributed by atoms with Crippen LogP contribution in [0.2, 0.25) is 0 Å². The fourth-order valence-electron chi connectivity index (χ4n) is 8.57. The molecule has 282 valence electrons. The lowest BCUT2D eigenvalue weighted by atomic mass is 9.95. The lowest BCUT2D eigenvalue weighted by molar-refractivity contribution is 0.668. The molecule has 60 heavy (non-hydrogen) atoms. The Balaban J connectivity index is 0.968. The second kappa shape index (κ2) is 14.0. The van der Waals surface area contributed by atoms with Crippen molar-refractivity contribution in [1.82, 2.24) is 4.98 Å². The van der Waals surface area contributed by atoms with Crippen molar-refractivity contribution in [2.45, 2.75) is 0 Å². The number of furan rings is 2. The van der Waals surface area contributed by atoms with Crippen molar-refractivity contribution >= 4 is 81.9 Å². The van der Waals surface area contributed by atoms with E-state index in [9.17, 15) is 0 Å². The fourth-order valence-corrected chi connectivity index (χ4v) is 9.74. The largest absolute Gasteiger partial charge is 0.456 e. The average molecular weight is 787 g/mol. The summed E-state index contributed by atoms with van der Waals surface area (Å²) in [4.78, 5) is 7.76. The van der Waals surface area contributed by atoms with E-state index in [1.54, 1.807) is 11.3 Å². The van der Waals surface area contributed by atoms with Gasteiger partial charge in [-0.05, 0) is 94.0 Å². The molecule has 0 aliphatic carbocycles. The summed E-state index contributed by atoms with van der Waals surface area (Å²) in [5, 5.41) is 5.43. The van der Waals surface area contributed by atoms with Crippen LogP contribution in [-0.2, 0) is 0 Å². The zero-order valence-electron chi connectivity index (χ0n) is 32.2. The minimum absolute atomic E-state index is 0.901. The number of fused-ring (bicyclic) bond motifs is 7. The number of para-hydroxylation sites is 4. The molecule has 0 fully saturated rings. The Hall–Kier alpha value is -7.73. The molecule has 12 rings (SSSR count). The van der Waals surface area contributed by atoms with E-state index in [0.717, 1.165) is 115 Å². The van der Waals surface area contributed by atoms with Gasteiger partial charge in [-0.2, -0.15) is 0 Å². The number of hydrogen-bond donors (Lipinski definition) is 0. The Morgan fingerprint density at radius 3 is 1.30 bits per heavy atom. The monoisotopic (exact) mass is 786 g/mol. The predicted octanol–water partition coefficient (Wildman–Crippen LogP) is 16.2. The summed E-state index contributed by atoms with van der Waals surface area (Å²) in [6.45, 7) is 0. The smallest absolute Gasteiger partial charge is 0.195 e. The van der Waals surface area contributed by atoms with Gasteiger partial charge in [-0.1, -0.05) is 157 Å². The van der Waals surface area contributed by atoms with E-state index in [1.165, 1.54) is 0 Å². The Labute approximate surface area is 349 Å². The van der Waals surface area contributed by atoms with Crippen LogP contribution in [0.1, 0.15) is 0 Å². The van der Waals surface area contributed by atoms with Gasteiger partial charge < -0.3 is 8.83 Å². The van der Waals surface area contributed by atoms with Crippen LogP contribution in [0.4, 0.5) is 16.5 Å². The predicted molar refractivity (Wildman–Crippen MR) is 251 cm³/mol. The van der Waals surface area contributed by atoms with Crippen LogP contribution in [-0.4, -0.2) is 4.98 Å². The topological polar surface area (TPSA) is 42.4 Å². The molecule has 0 N–H and O–H groups in total. The number of aromatic nitrogens is 1. The Bertz CT molecular complexity index is 3300. The molecule has 5 heteroatoms. The molecule has 0 radical (unpaired) electrons. The molecule has 12 aromatic rings. The lowest BCUT2D eigenvalue weighted by Gasteiger charge is -2.22. The molecule has 0 unspecified atom stereocenters. The minimum Gasteiger partial charge on any atom is -0.456 e. The van der Waals surface area contributed by atoms with E-state index in [2.05, 4.69) is 187 Å². The van der Waals surface area contributed by atoms with Crippen molar-refractivity contribution in [1.29, 1.82) is 0 Å². The summed E-state index contributed by atoms with van der Waals surface area (Å²) in [5.74, 6) is 0. The number of anilines is 3. The second-order valence-electron chi connectivity index (χ2n) is 15.1. The van der Waals surface area contributed by atoms with E-state index >= 15 is 0 Å². The van der Waals surface area contributed by atoms with Crippen molar-refractivity contribution in [3.8, 4) is 44.5 Å². The first-order valence-electron chi connectivity index (χ1n) is 20.1. The standard InChI is InChI=1S/C55H34N2O2S/c1-3-11-41(12-4-1)57(42-13-5-2-6-14-42)55-56-53-43(37-23-19-35(20-24-37)39-27-31-51-47(33-39)45-15-7-9-17-49(45)58-51)29-30-44(54(53)60-55)38-25-21-36(22-26-38)40-28-32-52-48(34-40)46-16-8-10-18-50(46)59-52/h1-34H. The summed E-state index contributed by atoms with van der Waals surface area (Å²) in [6.07, 6.45) is 0. The molecule has 0 spiro atoms. The number of benzene rings is 9. The molecular weight excluding hydrogens is 753 g/mol. The van der Waals surface area contributed by atoms with Gasteiger partial charge in [-0.15, -0.1) is 0 Å². The van der Waals surface area contributed by atoms with E-state index in [-0.39, 0.29) is 0 Å². The van der Waals surface area contributed by atoms with Crippen LogP contribution in [0.15, 0.2) is 215 Å². The van der Waals surface area contributed by atoms with E-state index in [1.807, 2.05) is 24.3 Å². The van der Waals surface area contributed by atoms with Crippen LogP contribution in [0, 0.1) is 0 Å². The van der Waals surface area contributed by atoms with E-state index in [4.69, 9.17) is 13.8 Å². The van der Waals surface area contributed by atoms with Crippen molar-refractivity contribution in [3.63, 3.8) is 0 Å². The molecule has 9 aromatic carbocycles. The van der Waals surface area contributed by atoms with Gasteiger partial charge in [0.2, 0.25) is 0 Å². The zero-order valence-corrected chi connectivity index (χ0v) is 33.1. The van der Waals surface area contributed by atoms with Gasteiger partial charge in [-0.25, -0.2) is 4.98 Å². The summed E-state index contributed by atoms with van der Waals surface area (Å²) in [7, 11) is 0. The van der Waals surface area contributed by atoms with Gasteiger partial charge in [0.1, 0.15) is 22.3 Å². The van der Waals surface area contributed by atoms with Gasteiger partial charge in [0.05, 0.1) is 10.2 Å². The number of rotatable bonds is 7. The van der Waals surface area contributed by atoms with Crippen LogP contribution >= 0.6 is 11.3 Å². The summed E-state index contributed by atoms with van der Waals surface area (Å²) < 4.78 is 13.4. The normalized spacial score (nSPS) is 11.7. The molecule has 0 saturated heterocycles. The molecule has 0 bridgehead atoms. The van der Waals surface area contributed by atoms with Crippen LogP contribution in [0.25, 0.3) is 98.6 Å². The Morgan fingerprint density at radius 1 is 0.350 bits per heavy atom. The molecule has 0 atom stereocenters. The minimum atomic E-state index is 0.901. The van der Waals surface area contributed by atoms with Crippen molar-refractivity contribution in [2.75, 3.05) is 4.90 Å². The van der Waals surface area contributed by atoms with Crippen molar-refractivity contribution in [2.24, 2.45) is 0 Å². The SMILES string of the molecule is c1ccc(N(c2ccccc2)c2nc3c(-c4ccc(-c5ccc6oc7ccccc7c6c5)cc4)ccc(-c4ccc(-c5ccc6oc7ccccc7c6c5)cc4)c3s2)cc1. The molecule has 4 nitrogen and oxygen atoms in total. The summed E-state index contributed by atoms with van der Waals surface area (Å²) in [5.41, 5.74) is 15.8. The third-order valence-electron chi connectivity index (χ3n) is 11.6. The second-order valence-corrected chi connectivity index (χ2v) is 16.1. The molecule has 0 aliphatic heterocycles. The van der Waals surface area contributed by atoms with Gasteiger partial charge in [0.25, 0.3) is 0 Å². The zero-order chi connectivity index (χ0) is 39.6. The first-order valence-corrected chi connectivity index (χ1v) is 20.9. The Morgan fingerprint density at radius 2 is 0.767 bits per heavy atom. The fraction of sp³-hybridized carbons (Fsp3) is 0. The molecule has 0 aliphatic rings. The van der Waals surface area contributed by atoms with E-state index in [0.29, 0.717) is 0 Å². The highest BCUT2D eigenvalue weighted by molar-refractivity contribution is 7.23. The number of nitrogens with zero attached hydrogens (tertiary/aromatic N) is 2. The third kappa shape index (κ3) is 5.78. The van der Waals surface area contributed by atoms with Crippen LogP contribution < -0.4 is 4.90 Å². The van der Waals surface area contributed by atoms with Gasteiger partial charge >= 0.3 is 0 Å². The molecule has 0 saturated carbocycles. The van der Waals surface area contributed by atoms with Crippen LogP contribution in [0.3, 0.4) is 0 Å². The summed E-state index contributed by atoms with van der Waals surface area (Å²) in [6, 6.07) is 72.7. The maximum atomic E-state index is 6.12. The quantitative estimate of drug-likeness (QED) is 0.161. The highest BCUT2D eigenvalue weighted by Crippen LogP contribution is 2.46. The third-order valence-corrected chi connectivity index (χ3v) is 12.6. The Kier molecular flexibility index (Phi) is 8.00. The van der Waals surface area contributed by atoms with Gasteiger partial charge in [0.15, 0.2) is 5.13 Å². The average Bonchev–Trinajstić information content (AvgIpc) is 4.03. The van der Waals surface area contributed by atoms with Crippen molar-refractivity contribution < 1.29 is 8.83 Å². The van der Waals surface area contributed by atoms with Crippen LogP contribution in [0.5, 0.6) is 0 Å².